The van der Waals surface area contributed by atoms with E-state index < -0.39 is 0 Å². The topological polar surface area (TPSA) is 53.0 Å². The fourth-order valence-corrected chi connectivity index (χ4v) is 2.95. The maximum atomic E-state index is 13.4. The van der Waals surface area contributed by atoms with E-state index in [9.17, 15) is 14.3 Å². The number of halogens is 1. The van der Waals surface area contributed by atoms with Gasteiger partial charge in [0.2, 0.25) is 5.91 Å². The van der Waals surface area contributed by atoms with Gasteiger partial charge in [-0.25, -0.2) is 4.39 Å². The van der Waals surface area contributed by atoms with Crippen LogP contribution in [0.4, 0.5) is 4.39 Å². The van der Waals surface area contributed by atoms with E-state index in [2.05, 4.69) is 4.90 Å². The summed E-state index contributed by atoms with van der Waals surface area (Å²) in [5, 5.41) is 9.50. The number of ether oxygens (including phenoxy) is 1. The number of rotatable bonds is 5. The molecule has 122 valence electrons. The van der Waals surface area contributed by atoms with Crippen LogP contribution in [0.15, 0.2) is 18.2 Å². The molecule has 0 aromatic heterocycles. The van der Waals surface area contributed by atoms with Crippen molar-refractivity contribution >= 4 is 5.91 Å². The molecule has 0 unspecified atom stereocenters. The molecule has 0 saturated carbocycles. The van der Waals surface area contributed by atoms with Gasteiger partial charge in [-0.15, -0.1) is 0 Å². The molecule has 1 amide bonds. The van der Waals surface area contributed by atoms with Crippen molar-refractivity contribution in [1.29, 1.82) is 0 Å². The van der Waals surface area contributed by atoms with E-state index in [-0.39, 0.29) is 35.9 Å². The minimum Gasteiger partial charge on any atom is -0.494 e. The number of benzene rings is 1. The molecular formula is C16H23FN2O3. The summed E-state index contributed by atoms with van der Waals surface area (Å²) in [5.74, 6) is -0.379. The van der Waals surface area contributed by atoms with Crippen molar-refractivity contribution in [1.82, 2.24) is 9.80 Å². The van der Waals surface area contributed by atoms with Crippen LogP contribution < -0.4 is 4.74 Å². The van der Waals surface area contributed by atoms with Gasteiger partial charge in [-0.1, -0.05) is 6.07 Å². The molecule has 1 N–H and O–H groups in total. The van der Waals surface area contributed by atoms with E-state index in [4.69, 9.17) is 4.74 Å². The van der Waals surface area contributed by atoms with Gasteiger partial charge in [0, 0.05) is 46.3 Å². The molecule has 2 atom stereocenters. The smallest absolute Gasteiger partial charge is 0.226 e. The Hall–Kier alpha value is -1.66. The van der Waals surface area contributed by atoms with Crippen LogP contribution in [0.25, 0.3) is 0 Å². The van der Waals surface area contributed by atoms with Crippen molar-refractivity contribution in [2.24, 2.45) is 11.8 Å². The van der Waals surface area contributed by atoms with E-state index in [1.165, 1.54) is 13.2 Å². The Balaban J connectivity index is 2.07. The van der Waals surface area contributed by atoms with Crippen molar-refractivity contribution in [2.45, 2.75) is 6.54 Å². The van der Waals surface area contributed by atoms with E-state index >= 15 is 0 Å². The summed E-state index contributed by atoms with van der Waals surface area (Å²) in [5.41, 5.74) is 0.924. The second-order valence-electron chi connectivity index (χ2n) is 5.94. The SMILES string of the molecule is COc1cc(CN2C[C@@H](CO)[C@H](C(=O)N(C)C)C2)ccc1F. The van der Waals surface area contributed by atoms with Gasteiger partial charge in [-0.05, 0) is 17.7 Å². The summed E-state index contributed by atoms with van der Waals surface area (Å²) in [6, 6.07) is 4.77. The maximum Gasteiger partial charge on any atom is 0.226 e. The summed E-state index contributed by atoms with van der Waals surface area (Å²) >= 11 is 0. The zero-order chi connectivity index (χ0) is 16.3. The average Bonchev–Trinajstić information content (AvgIpc) is 2.91. The predicted octanol–water partition coefficient (Wildman–Crippen LogP) is 0.963. The third kappa shape index (κ3) is 3.56. The minimum atomic E-state index is -0.387. The lowest BCUT2D eigenvalue weighted by Gasteiger charge is -2.20. The zero-order valence-electron chi connectivity index (χ0n) is 13.3. The fourth-order valence-electron chi connectivity index (χ4n) is 2.95. The quantitative estimate of drug-likeness (QED) is 0.880. The molecule has 0 radical (unpaired) electrons. The monoisotopic (exact) mass is 310 g/mol. The number of carbonyl (C=O) groups is 1. The number of aliphatic hydroxyl groups is 1. The summed E-state index contributed by atoms with van der Waals surface area (Å²) < 4.78 is 18.4. The first-order valence-electron chi connectivity index (χ1n) is 7.33. The number of amides is 1. The molecule has 22 heavy (non-hydrogen) atoms. The van der Waals surface area contributed by atoms with Crippen LogP contribution in [-0.2, 0) is 11.3 Å². The van der Waals surface area contributed by atoms with Gasteiger partial charge in [0.15, 0.2) is 11.6 Å². The van der Waals surface area contributed by atoms with Crippen LogP contribution in [-0.4, -0.2) is 61.7 Å². The van der Waals surface area contributed by atoms with Crippen LogP contribution >= 0.6 is 0 Å². The third-order valence-corrected chi connectivity index (χ3v) is 4.13. The standard InChI is InChI=1S/C16H23FN2O3/c1-18(2)16(21)13-9-19(8-12(13)10-20)7-11-4-5-14(17)15(6-11)22-3/h4-6,12-13,20H,7-10H2,1-3H3/t12-,13+/m0/s1. The van der Waals surface area contributed by atoms with Crippen LogP contribution in [0.2, 0.25) is 0 Å². The Labute approximate surface area is 130 Å². The summed E-state index contributed by atoms with van der Waals surface area (Å²) in [6.45, 7) is 1.85. The van der Waals surface area contributed by atoms with Crippen molar-refractivity contribution in [2.75, 3.05) is 40.9 Å². The Morgan fingerprint density at radius 2 is 2.18 bits per heavy atom. The number of aliphatic hydroxyl groups excluding tert-OH is 1. The Morgan fingerprint density at radius 1 is 1.45 bits per heavy atom. The third-order valence-electron chi connectivity index (χ3n) is 4.13. The number of nitrogens with zero attached hydrogens (tertiary/aromatic N) is 2. The molecule has 6 heteroatoms. The van der Waals surface area contributed by atoms with Gasteiger partial charge >= 0.3 is 0 Å². The molecule has 1 aromatic carbocycles. The number of methoxy groups -OCH3 is 1. The van der Waals surface area contributed by atoms with E-state index in [0.29, 0.717) is 19.6 Å². The van der Waals surface area contributed by atoms with Gasteiger partial charge in [0.1, 0.15) is 0 Å². The van der Waals surface area contributed by atoms with Crippen LogP contribution in [0.3, 0.4) is 0 Å². The molecule has 1 aliphatic rings. The fraction of sp³-hybridized carbons (Fsp3) is 0.562. The minimum absolute atomic E-state index is 0.00646. The molecule has 1 heterocycles. The normalized spacial score (nSPS) is 21.9. The highest BCUT2D eigenvalue weighted by molar-refractivity contribution is 5.79. The van der Waals surface area contributed by atoms with Gasteiger partial charge < -0.3 is 14.7 Å². The van der Waals surface area contributed by atoms with Crippen LogP contribution in [0.1, 0.15) is 5.56 Å². The number of carbonyl (C=O) groups excluding carboxylic acids is 1. The van der Waals surface area contributed by atoms with Gasteiger partial charge in [-0.2, -0.15) is 0 Å². The first-order valence-corrected chi connectivity index (χ1v) is 7.33. The summed E-state index contributed by atoms with van der Waals surface area (Å²) in [7, 11) is 4.89. The number of hydrogen-bond acceptors (Lipinski definition) is 4. The molecule has 1 fully saturated rings. The van der Waals surface area contributed by atoms with Crippen molar-refractivity contribution in [3.05, 3.63) is 29.6 Å². The molecule has 1 aliphatic heterocycles. The second kappa shape index (κ2) is 7.07. The summed E-state index contributed by atoms with van der Waals surface area (Å²) in [6.07, 6.45) is 0. The zero-order valence-corrected chi connectivity index (χ0v) is 13.3. The molecule has 5 nitrogen and oxygen atoms in total. The van der Waals surface area contributed by atoms with Crippen molar-refractivity contribution in [3.63, 3.8) is 0 Å². The highest BCUT2D eigenvalue weighted by atomic mass is 19.1. The molecule has 1 aromatic rings. The molecule has 0 spiro atoms. The molecule has 0 bridgehead atoms. The maximum absolute atomic E-state index is 13.4. The lowest BCUT2D eigenvalue weighted by atomic mass is 9.96. The lowest BCUT2D eigenvalue weighted by Crippen LogP contribution is -2.35. The Kier molecular flexibility index (Phi) is 5.37. The molecule has 1 saturated heterocycles. The van der Waals surface area contributed by atoms with Crippen molar-refractivity contribution in [3.8, 4) is 5.75 Å². The summed E-state index contributed by atoms with van der Waals surface area (Å²) in [4.78, 5) is 15.9. The number of likely N-dealkylation sites (tertiary alicyclic amines) is 1. The Bertz CT molecular complexity index is 536. The molecular weight excluding hydrogens is 287 g/mol. The molecule has 2 rings (SSSR count). The van der Waals surface area contributed by atoms with Crippen LogP contribution in [0.5, 0.6) is 5.75 Å². The van der Waals surface area contributed by atoms with Gasteiger partial charge in [0.25, 0.3) is 0 Å². The van der Waals surface area contributed by atoms with Gasteiger partial charge in [-0.3, -0.25) is 9.69 Å². The largest absolute Gasteiger partial charge is 0.494 e. The average molecular weight is 310 g/mol. The van der Waals surface area contributed by atoms with E-state index in [0.717, 1.165) is 5.56 Å². The lowest BCUT2D eigenvalue weighted by molar-refractivity contribution is -0.134. The van der Waals surface area contributed by atoms with Crippen LogP contribution in [0, 0.1) is 17.7 Å². The highest BCUT2D eigenvalue weighted by Crippen LogP contribution is 2.27. The number of hydrogen-bond donors (Lipinski definition) is 1. The Morgan fingerprint density at radius 3 is 2.77 bits per heavy atom. The second-order valence-corrected chi connectivity index (χ2v) is 5.94. The first kappa shape index (κ1) is 16.7. The first-order chi connectivity index (χ1) is 10.5. The van der Waals surface area contributed by atoms with Gasteiger partial charge in [0.05, 0.1) is 13.0 Å². The van der Waals surface area contributed by atoms with E-state index in [1.54, 1.807) is 31.1 Å². The highest BCUT2D eigenvalue weighted by Gasteiger charge is 2.37. The van der Waals surface area contributed by atoms with Crippen molar-refractivity contribution < 1.29 is 19.0 Å². The molecule has 0 aliphatic carbocycles. The van der Waals surface area contributed by atoms with E-state index in [1.807, 2.05) is 0 Å². The predicted molar refractivity (Wildman–Crippen MR) is 81.0 cm³/mol.